The highest BCUT2D eigenvalue weighted by atomic mass is 19.4. The molecule has 0 N–H and O–H groups in total. The zero-order valence-electron chi connectivity index (χ0n) is 9.68. The average Bonchev–Trinajstić information content (AvgIpc) is 2.26. The van der Waals surface area contributed by atoms with Crippen LogP contribution in [0.2, 0.25) is 0 Å². The molecule has 0 saturated carbocycles. The maximum atomic E-state index is 12.3. The van der Waals surface area contributed by atoms with Crippen LogP contribution in [0.15, 0.2) is 24.3 Å². The molecule has 0 aliphatic rings. The van der Waals surface area contributed by atoms with E-state index < -0.39 is 11.7 Å². The summed E-state index contributed by atoms with van der Waals surface area (Å²) in [5.41, 5.74) is -0.0404. The molecule has 0 atom stereocenters. The van der Waals surface area contributed by atoms with E-state index in [0.717, 1.165) is 25.0 Å². The van der Waals surface area contributed by atoms with Crippen molar-refractivity contribution in [2.24, 2.45) is 0 Å². The maximum Gasteiger partial charge on any atom is 0.416 e. The summed E-state index contributed by atoms with van der Waals surface area (Å²) < 4.78 is 36.8. The van der Waals surface area contributed by atoms with Crippen molar-refractivity contribution < 1.29 is 18.0 Å². The van der Waals surface area contributed by atoms with Crippen molar-refractivity contribution in [1.29, 1.82) is 0 Å². The van der Waals surface area contributed by atoms with Crippen LogP contribution in [0, 0.1) is 0 Å². The van der Waals surface area contributed by atoms with Gasteiger partial charge in [0.25, 0.3) is 0 Å². The number of hydrogen-bond donors (Lipinski definition) is 0. The Morgan fingerprint density at radius 3 is 2.24 bits per heavy atom. The monoisotopic (exact) mass is 244 g/mol. The minimum Gasteiger partial charge on any atom is -0.299 e. The molecule has 0 spiro atoms. The molecule has 0 amide bonds. The van der Waals surface area contributed by atoms with Gasteiger partial charge in [-0.2, -0.15) is 13.2 Å². The molecular formula is C13H15F3O. The second kappa shape index (κ2) is 5.84. The van der Waals surface area contributed by atoms with Crippen LogP contribution in [0.3, 0.4) is 0 Å². The van der Waals surface area contributed by atoms with Crippen LogP contribution in [0.5, 0.6) is 0 Å². The van der Waals surface area contributed by atoms with Gasteiger partial charge in [-0.15, -0.1) is 0 Å². The number of unbranched alkanes of at least 4 members (excludes halogenated alkanes) is 1. The number of Topliss-reactive ketones (excluding diaryl/α,β-unsaturated/α-hetero) is 1. The van der Waals surface area contributed by atoms with Gasteiger partial charge in [-0.1, -0.05) is 25.5 Å². The fourth-order valence-electron chi connectivity index (χ4n) is 1.50. The number of carbonyl (C=O) groups excluding carboxylic acids is 1. The first-order valence-electron chi connectivity index (χ1n) is 5.61. The highest BCUT2D eigenvalue weighted by Gasteiger charge is 2.29. The number of halogens is 3. The molecule has 1 aromatic rings. The Morgan fingerprint density at radius 2 is 1.76 bits per heavy atom. The van der Waals surface area contributed by atoms with Crippen LogP contribution in [0.25, 0.3) is 0 Å². The minimum absolute atomic E-state index is 0.0756. The summed E-state index contributed by atoms with van der Waals surface area (Å²) in [5, 5.41) is 0. The van der Waals surface area contributed by atoms with Crippen molar-refractivity contribution in [3.05, 3.63) is 35.4 Å². The van der Waals surface area contributed by atoms with Gasteiger partial charge in [0, 0.05) is 12.8 Å². The zero-order valence-corrected chi connectivity index (χ0v) is 9.68. The number of alkyl halides is 3. The van der Waals surface area contributed by atoms with E-state index in [1.54, 1.807) is 0 Å². The van der Waals surface area contributed by atoms with E-state index in [9.17, 15) is 18.0 Å². The van der Waals surface area contributed by atoms with Gasteiger partial charge in [-0.3, -0.25) is 4.79 Å². The van der Waals surface area contributed by atoms with Crippen molar-refractivity contribution in [1.82, 2.24) is 0 Å². The summed E-state index contributed by atoms with van der Waals surface area (Å²) >= 11 is 0. The Kier molecular flexibility index (Phi) is 4.73. The largest absolute Gasteiger partial charge is 0.416 e. The summed E-state index contributed by atoms with van der Waals surface area (Å²) in [6, 6.07) is 4.77. The fourth-order valence-corrected chi connectivity index (χ4v) is 1.50. The zero-order chi connectivity index (χ0) is 12.9. The maximum absolute atomic E-state index is 12.3. The SMILES string of the molecule is CCCCC(=O)Cc1ccc(C(F)(F)F)cc1. The van der Waals surface area contributed by atoms with Crippen LogP contribution < -0.4 is 0 Å². The molecule has 1 nitrogen and oxygen atoms in total. The average molecular weight is 244 g/mol. The van der Waals surface area contributed by atoms with E-state index in [1.165, 1.54) is 12.1 Å². The van der Waals surface area contributed by atoms with Gasteiger partial charge in [0.15, 0.2) is 0 Å². The number of hydrogen-bond acceptors (Lipinski definition) is 1. The van der Waals surface area contributed by atoms with E-state index >= 15 is 0 Å². The van der Waals surface area contributed by atoms with E-state index in [1.807, 2.05) is 6.92 Å². The van der Waals surface area contributed by atoms with Crippen molar-refractivity contribution in [3.8, 4) is 0 Å². The third-order valence-corrected chi connectivity index (χ3v) is 2.49. The van der Waals surface area contributed by atoms with Gasteiger partial charge < -0.3 is 0 Å². The summed E-state index contributed by atoms with van der Waals surface area (Å²) in [7, 11) is 0. The first-order valence-corrected chi connectivity index (χ1v) is 5.61. The lowest BCUT2D eigenvalue weighted by Crippen LogP contribution is -2.06. The molecule has 0 radical (unpaired) electrons. The highest BCUT2D eigenvalue weighted by Crippen LogP contribution is 2.29. The third kappa shape index (κ3) is 4.59. The molecule has 94 valence electrons. The molecule has 1 rings (SSSR count). The minimum atomic E-state index is -4.31. The molecule has 1 aromatic carbocycles. The van der Waals surface area contributed by atoms with Crippen molar-refractivity contribution in [3.63, 3.8) is 0 Å². The van der Waals surface area contributed by atoms with Gasteiger partial charge in [-0.05, 0) is 24.1 Å². The first-order chi connectivity index (χ1) is 7.93. The highest BCUT2D eigenvalue weighted by molar-refractivity contribution is 5.80. The molecule has 0 fully saturated rings. The van der Waals surface area contributed by atoms with Crippen LogP contribution in [0.4, 0.5) is 13.2 Å². The molecule has 17 heavy (non-hydrogen) atoms. The van der Waals surface area contributed by atoms with Gasteiger partial charge in [0.05, 0.1) is 5.56 Å². The molecule has 0 unspecified atom stereocenters. The van der Waals surface area contributed by atoms with Gasteiger partial charge in [0.2, 0.25) is 0 Å². The van der Waals surface area contributed by atoms with Crippen molar-refractivity contribution >= 4 is 5.78 Å². The Bertz CT molecular complexity index is 365. The first kappa shape index (κ1) is 13.7. The van der Waals surface area contributed by atoms with Crippen LogP contribution in [-0.4, -0.2) is 5.78 Å². The van der Waals surface area contributed by atoms with Crippen LogP contribution in [-0.2, 0) is 17.4 Å². The number of rotatable bonds is 5. The van der Waals surface area contributed by atoms with E-state index in [2.05, 4.69) is 0 Å². The van der Waals surface area contributed by atoms with Crippen LogP contribution >= 0.6 is 0 Å². The molecule has 0 aliphatic heterocycles. The quantitative estimate of drug-likeness (QED) is 0.764. The Balaban J connectivity index is 2.60. The Labute approximate surface area is 98.6 Å². The molecule has 0 aliphatic carbocycles. The second-order valence-corrected chi connectivity index (χ2v) is 4.01. The van der Waals surface area contributed by atoms with Gasteiger partial charge in [0.1, 0.15) is 5.78 Å². The third-order valence-electron chi connectivity index (χ3n) is 2.49. The molecule has 0 aromatic heterocycles. The van der Waals surface area contributed by atoms with E-state index in [4.69, 9.17) is 0 Å². The lowest BCUT2D eigenvalue weighted by atomic mass is 10.0. The number of benzene rings is 1. The summed E-state index contributed by atoms with van der Waals surface area (Å²) in [6.07, 6.45) is -1.82. The summed E-state index contributed by atoms with van der Waals surface area (Å²) in [5.74, 6) is 0.0756. The van der Waals surface area contributed by atoms with Gasteiger partial charge in [-0.25, -0.2) is 0 Å². The van der Waals surface area contributed by atoms with Crippen molar-refractivity contribution in [2.75, 3.05) is 0 Å². The van der Waals surface area contributed by atoms with Crippen LogP contribution in [0.1, 0.15) is 37.3 Å². The lowest BCUT2D eigenvalue weighted by Gasteiger charge is -2.07. The Morgan fingerprint density at radius 1 is 1.18 bits per heavy atom. The summed E-state index contributed by atoms with van der Waals surface area (Å²) in [6.45, 7) is 1.99. The van der Waals surface area contributed by atoms with E-state index in [-0.39, 0.29) is 12.2 Å². The topological polar surface area (TPSA) is 17.1 Å². The molecule has 0 saturated heterocycles. The van der Waals surface area contributed by atoms with E-state index in [0.29, 0.717) is 12.0 Å². The molecule has 0 heterocycles. The lowest BCUT2D eigenvalue weighted by molar-refractivity contribution is -0.137. The smallest absolute Gasteiger partial charge is 0.299 e. The number of carbonyl (C=O) groups is 1. The summed E-state index contributed by atoms with van der Waals surface area (Å²) in [4.78, 5) is 11.4. The van der Waals surface area contributed by atoms with Crippen molar-refractivity contribution in [2.45, 2.75) is 38.8 Å². The normalized spacial score (nSPS) is 11.5. The molecule has 0 bridgehead atoms. The molecular weight excluding hydrogens is 229 g/mol. The standard InChI is InChI=1S/C13H15F3O/c1-2-3-4-12(17)9-10-5-7-11(8-6-10)13(14,15)16/h5-8H,2-4,9H2,1H3. The number of ketones is 1. The van der Waals surface area contributed by atoms with Gasteiger partial charge >= 0.3 is 6.18 Å². The predicted octanol–water partition coefficient (Wildman–Crippen LogP) is 4.01. The predicted molar refractivity (Wildman–Crippen MR) is 59.7 cm³/mol. The fraction of sp³-hybridized carbons (Fsp3) is 0.462. The molecule has 4 heteroatoms. The second-order valence-electron chi connectivity index (χ2n) is 4.01. The Hall–Kier alpha value is -1.32.